The molecule has 0 aliphatic carbocycles. The average Bonchev–Trinajstić information content (AvgIpc) is 2.53. The first-order valence-electron chi connectivity index (χ1n) is 7.67. The molecule has 1 fully saturated rings. The molecule has 1 saturated heterocycles. The fraction of sp³-hybridized carbons (Fsp3) is 0.933. The molecule has 0 aromatic heterocycles. The largest absolute Gasteiger partial charge is 0.368 e. The van der Waals surface area contributed by atoms with E-state index in [1.807, 2.05) is 13.8 Å². The lowest BCUT2D eigenvalue weighted by Gasteiger charge is -2.26. The Morgan fingerprint density at radius 3 is 2.47 bits per heavy atom. The Labute approximate surface area is 118 Å². The third kappa shape index (κ3) is 5.91. The predicted octanol–water partition coefficient (Wildman–Crippen LogP) is 1.60. The molecule has 1 amide bonds. The van der Waals surface area contributed by atoms with Gasteiger partial charge in [-0.25, -0.2) is 0 Å². The zero-order valence-electron chi connectivity index (χ0n) is 13.0. The van der Waals surface area contributed by atoms with E-state index in [0.717, 1.165) is 31.5 Å². The van der Waals surface area contributed by atoms with Crippen LogP contribution in [0.15, 0.2) is 0 Å². The van der Waals surface area contributed by atoms with Crippen LogP contribution in [-0.4, -0.2) is 42.5 Å². The zero-order valence-corrected chi connectivity index (χ0v) is 13.0. The number of hydrogen-bond acceptors (Lipinski definition) is 3. The van der Waals surface area contributed by atoms with Gasteiger partial charge in [0.2, 0.25) is 5.91 Å². The van der Waals surface area contributed by atoms with Crippen molar-refractivity contribution in [2.24, 2.45) is 17.6 Å². The van der Waals surface area contributed by atoms with Gasteiger partial charge in [-0.05, 0) is 44.2 Å². The molecule has 2 atom stereocenters. The third-order valence-electron chi connectivity index (χ3n) is 4.13. The Morgan fingerprint density at radius 1 is 1.26 bits per heavy atom. The fourth-order valence-electron chi connectivity index (χ4n) is 2.92. The SMILES string of the molecule is CC(C)NC(CN1CCCC(C(C)C)CC1)C(N)=O. The van der Waals surface area contributed by atoms with Crippen molar-refractivity contribution in [1.82, 2.24) is 10.2 Å². The Hall–Kier alpha value is -0.610. The minimum atomic E-state index is -0.238. The molecule has 0 spiro atoms. The number of carbonyl (C=O) groups excluding carboxylic acids is 1. The van der Waals surface area contributed by atoms with Crippen molar-refractivity contribution in [3.05, 3.63) is 0 Å². The maximum Gasteiger partial charge on any atom is 0.235 e. The minimum Gasteiger partial charge on any atom is -0.368 e. The summed E-state index contributed by atoms with van der Waals surface area (Å²) >= 11 is 0. The van der Waals surface area contributed by atoms with Crippen molar-refractivity contribution in [3.8, 4) is 0 Å². The number of nitrogens with zero attached hydrogens (tertiary/aromatic N) is 1. The summed E-state index contributed by atoms with van der Waals surface area (Å²) in [5.41, 5.74) is 5.49. The number of carbonyl (C=O) groups is 1. The predicted molar refractivity (Wildman–Crippen MR) is 79.9 cm³/mol. The first-order valence-corrected chi connectivity index (χ1v) is 7.67. The number of rotatable bonds is 6. The lowest BCUT2D eigenvalue weighted by molar-refractivity contribution is -0.120. The van der Waals surface area contributed by atoms with Crippen LogP contribution in [0.4, 0.5) is 0 Å². The van der Waals surface area contributed by atoms with Crippen molar-refractivity contribution >= 4 is 5.91 Å². The second kappa shape index (κ2) is 7.85. The van der Waals surface area contributed by atoms with E-state index in [9.17, 15) is 4.79 Å². The van der Waals surface area contributed by atoms with Gasteiger partial charge < -0.3 is 16.0 Å². The molecule has 0 radical (unpaired) electrons. The van der Waals surface area contributed by atoms with Gasteiger partial charge in [0, 0.05) is 12.6 Å². The van der Waals surface area contributed by atoms with E-state index in [-0.39, 0.29) is 18.0 Å². The molecule has 0 aromatic carbocycles. The topological polar surface area (TPSA) is 58.4 Å². The summed E-state index contributed by atoms with van der Waals surface area (Å²) in [7, 11) is 0. The minimum absolute atomic E-state index is 0.226. The van der Waals surface area contributed by atoms with Gasteiger partial charge in [-0.15, -0.1) is 0 Å². The van der Waals surface area contributed by atoms with Crippen LogP contribution >= 0.6 is 0 Å². The quantitative estimate of drug-likeness (QED) is 0.770. The molecule has 1 heterocycles. The number of amides is 1. The third-order valence-corrected chi connectivity index (χ3v) is 4.13. The summed E-state index contributed by atoms with van der Waals surface area (Å²) in [6.07, 6.45) is 3.79. The summed E-state index contributed by atoms with van der Waals surface area (Å²) in [5, 5.41) is 3.26. The molecule has 2 unspecified atom stereocenters. The summed E-state index contributed by atoms with van der Waals surface area (Å²) in [6, 6.07) is 0.0588. The average molecular weight is 269 g/mol. The molecule has 0 aromatic rings. The molecule has 112 valence electrons. The lowest BCUT2D eigenvalue weighted by atomic mass is 9.89. The van der Waals surface area contributed by atoms with Crippen molar-refractivity contribution in [2.45, 2.75) is 59.0 Å². The molecular weight excluding hydrogens is 238 g/mol. The van der Waals surface area contributed by atoms with Crippen molar-refractivity contribution in [1.29, 1.82) is 0 Å². The number of nitrogens with two attached hydrogens (primary N) is 1. The molecule has 1 aliphatic rings. The molecule has 1 aliphatic heterocycles. The molecule has 19 heavy (non-hydrogen) atoms. The zero-order chi connectivity index (χ0) is 14.4. The van der Waals surface area contributed by atoms with Gasteiger partial charge in [0.1, 0.15) is 0 Å². The van der Waals surface area contributed by atoms with Crippen LogP contribution in [0.25, 0.3) is 0 Å². The second-order valence-electron chi connectivity index (χ2n) is 6.51. The molecule has 0 bridgehead atoms. The monoisotopic (exact) mass is 269 g/mol. The van der Waals surface area contributed by atoms with Crippen molar-refractivity contribution in [3.63, 3.8) is 0 Å². The fourth-order valence-corrected chi connectivity index (χ4v) is 2.92. The van der Waals surface area contributed by atoms with E-state index in [1.165, 1.54) is 19.3 Å². The highest BCUT2D eigenvalue weighted by Gasteiger charge is 2.23. The lowest BCUT2D eigenvalue weighted by Crippen LogP contribution is -2.51. The van der Waals surface area contributed by atoms with Crippen LogP contribution in [-0.2, 0) is 4.79 Å². The molecule has 4 nitrogen and oxygen atoms in total. The van der Waals surface area contributed by atoms with Gasteiger partial charge in [-0.1, -0.05) is 27.7 Å². The Morgan fingerprint density at radius 2 is 1.95 bits per heavy atom. The van der Waals surface area contributed by atoms with Crippen LogP contribution in [0.3, 0.4) is 0 Å². The number of primary amides is 1. The molecule has 1 rings (SSSR count). The number of hydrogen-bond donors (Lipinski definition) is 2. The Bertz CT molecular complexity index is 279. The van der Waals surface area contributed by atoms with Crippen LogP contribution in [0.5, 0.6) is 0 Å². The maximum atomic E-state index is 11.5. The molecule has 0 saturated carbocycles. The van der Waals surface area contributed by atoms with E-state index in [2.05, 4.69) is 24.1 Å². The van der Waals surface area contributed by atoms with Gasteiger partial charge in [0.15, 0.2) is 0 Å². The van der Waals surface area contributed by atoms with Crippen LogP contribution in [0.1, 0.15) is 47.0 Å². The highest BCUT2D eigenvalue weighted by molar-refractivity contribution is 5.80. The molecule has 3 N–H and O–H groups in total. The highest BCUT2D eigenvalue weighted by Crippen LogP contribution is 2.24. The highest BCUT2D eigenvalue weighted by atomic mass is 16.1. The van der Waals surface area contributed by atoms with Gasteiger partial charge in [0.05, 0.1) is 6.04 Å². The molecular formula is C15H31N3O. The Kier molecular flexibility index (Phi) is 6.80. The van der Waals surface area contributed by atoms with Crippen LogP contribution in [0, 0.1) is 11.8 Å². The normalized spacial score (nSPS) is 23.6. The summed E-state index contributed by atoms with van der Waals surface area (Å²) in [4.78, 5) is 13.9. The van der Waals surface area contributed by atoms with Gasteiger partial charge >= 0.3 is 0 Å². The van der Waals surface area contributed by atoms with Crippen molar-refractivity contribution in [2.75, 3.05) is 19.6 Å². The number of likely N-dealkylation sites (tertiary alicyclic amines) is 1. The first kappa shape index (κ1) is 16.4. The second-order valence-corrected chi connectivity index (χ2v) is 6.51. The van der Waals surface area contributed by atoms with E-state index < -0.39 is 0 Å². The maximum absolute atomic E-state index is 11.5. The Balaban J connectivity index is 2.48. The summed E-state index contributed by atoms with van der Waals surface area (Å²) < 4.78 is 0. The van der Waals surface area contributed by atoms with E-state index in [0.29, 0.717) is 0 Å². The van der Waals surface area contributed by atoms with Crippen LogP contribution < -0.4 is 11.1 Å². The number of nitrogens with one attached hydrogen (secondary N) is 1. The van der Waals surface area contributed by atoms with E-state index in [1.54, 1.807) is 0 Å². The van der Waals surface area contributed by atoms with Gasteiger partial charge in [-0.2, -0.15) is 0 Å². The standard InChI is InChI=1S/C15H31N3O/c1-11(2)13-6-5-8-18(9-7-13)10-14(15(16)19)17-12(3)4/h11-14,17H,5-10H2,1-4H3,(H2,16,19). The van der Waals surface area contributed by atoms with Gasteiger partial charge in [0.25, 0.3) is 0 Å². The smallest absolute Gasteiger partial charge is 0.235 e. The summed E-state index contributed by atoms with van der Waals surface area (Å²) in [6.45, 7) is 11.7. The van der Waals surface area contributed by atoms with Gasteiger partial charge in [-0.3, -0.25) is 4.79 Å². The van der Waals surface area contributed by atoms with Crippen molar-refractivity contribution < 1.29 is 4.79 Å². The van der Waals surface area contributed by atoms with E-state index >= 15 is 0 Å². The summed E-state index contributed by atoms with van der Waals surface area (Å²) in [5.74, 6) is 1.36. The van der Waals surface area contributed by atoms with Crippen LogP contribution in [0.2, 0.25) is 0 Å². The van der Waals surface area contributed by atoms with E-state index in [4.69, 9.17) is 5.73 Å². The molecule has 4 heteroatoms. The first-order chi connectivity index (χ1) is 8.90.